The maximum absolute atomic E-state index is 4.01. The van der Waals surface area contributed by atoms with Gasteiger partial charge in [0.1, 0.15) is 0 Å². The first-order valence-corrected chi connectivity index (χ1v) is 6.84. The van der Waals surface area contributed by atoms with Crippen molar-refractivity contribution in [1.29, 1.82) is 0 Å². The number of aromatic amines is 1. The largest absolute Gasteiger partial charge is 0.374 e. The van der Waals surface area contributed by atoms with Gasteiger partial charge in [0.15, 0.2) is 0 Å². The van der Waals surface area contributed by atoms with Crippen molar-refractivity contribution in [2.75, 3.05) is 18.5 Å². The smallest absolute Gasteiger partial charge is 0.0922 e. The van der Waals surface area contributed by atoms with Gasteiger partial charge < -0.3 is 15.2 Å². The van der Waals surface area contributed by atoms with Gasteiger partial charge in [-0.1, -0.05) is 12.1 Å². The van der Waals surface area contributed by atoms with Crippen molar-refractivity contribution in [3.63, 3.8) is 0 Å². The summed E-state index contributed by atoms with van der Waals surface area (Å²) in [5.41, 5.74) is 5.35. The van der Waals surface area contributed by atoms with E-state index in [1.54, 1.807) is 6.33 Å². The maximum atomic E-state index is 4.01. The highest BCUT2D eigenvalue weighted by Gasteiger charge is 2.13. The molecular weight excluding hydrogens is 236 g/mol. The van der Waals surface area contributed by atoms with E-state index < -0.39 is 0 Å². The van der Waals surface area contributed by atoms with Gasteiger partial charge in [0.05, 0.1) is 6.33 Å². The highest BCUT2D eigenvalue weighted by molar-refractivity contribution is 5.56. The molecule has 1 aromatic carbocycles. The van der Waals surface area contributed by atoms with Crippen molar-refractivity contribution < 1.29 is 0 Å². The Morgan fingerprint density at radius 3 is 3.16 bits per heavy atom. The van der Waals surface area contributed by atoms with E-state index in [2.05, 4.69) is 45.4 Å². The highest BCUT2D eigenvalue weighted by atomic mass is 15.1. The second-order valence-electron chi connectivity index (χ2n) is 5.17. The minimum absolute atomic E-state index is 0.830. The van der Waals surface area contributed by atoms with Gasteiger partial charge in [0.2, 0.25) is 0 Å². The van der Waals surface area contributed by atoms with Crippen LogP contribution in [0.4, 0.5) is 5.69 Å². The van der Waals surface area contributed by atoms with Gasteiger partial charge >= 0.3 is 0 Å². The molecule has 100 valence electrons. The quantitative estimate of drug-likeness (QED) is 0.880. The summed E-state index contributed by atoms with van der Waals surface area (Å²) in [7, 11) is 2.17. The molecule has 0 aliphatic carbocycles. The van der Waals surface area contributed by atoms with Crippen LogP contribution in [0.5, 0.6) is 0 Å². The number of hydrogen-bond donors (Lipinski definition) is 2. The first kappa shape index (κ1) is 12.2. The fourth-order valence-electron chi connectivity index (χ4n) is 2.67. The van der Waals surface area contributed by atoms with Crippen molar-refractivity contribution in [1.82, 2.24) is 15.3 Å². The van der Waals surface area contributed by atoms with Crippen LogP contribution in [0.25, 0.3) is 0 Å². The molecule has 0 atom stereocenters. The van der Waals surface area contributed by atoms with Crippen molar-refractivity contribution >= 4 is 5.69 Å². The Labute approximate surface area is 113 Å². The van der Waals surface area contributed by atoms with Crippen molar-refractivity contribution in [2.45, 2.75) is 25.9 Å². The van der Waals surface area contributed by atoms with E-state index in [0.29, 0.717) is 0 Å². The summed E-state index contributed by atoms with van der Waals surface area (Å²) in [6.07, 6.45) is 6.03. The molecule has 1 aliphatic heterocycles. The van der Waals surface area contributed by atoms with Crippen LogP contribution in [-0.2, 0) is 19.5 Å². The summed E-state index contributed by atoms with van der Waals surface area (Å²) < 4.78 is 0. The number of nitrogens with zero attached hydrogens (tertiary/aromatic N) is 2. The van der Waals surface area contributed by atoms with Gasteiger partial charge in [-0.05, 0) is 30.0 Å². The van der Waals surface area contributed by atoms with Crippen LogP contribution < -0.4 is 10.2 Å². The number of aryl methyl sites for hydroxylation is 1. The molecule has 0 saturated heterocycles. The number of H-pyrrole nitrogens is 1. The van der Waals surface area contributed by atoms with Crippen LogP contribution in [0.1, 0.15) is 23.2 Å². The van der Waals surface area contributed by atoms with Crippen molar-refractivity contribution in [3.05, 3.63) is 47.5 Å². The number of fused-ring (bicyclic) bond motifs is 1. The number of imidazole rings is 1. The third-order valence-electron chi connectivity index (χ3n) is 3.69. The second kappa shape index (κ2) is 5.45. The van der Waals surface area contributed by atoms with Gasteiger partial charge in [-0.2, -0.15) is 0 Å². The molecule has 0 amide bonds. The van der Waals surface area contributed by atoms with Gasteiger partial charge in [0, 0.05) is 44.3 Å². The predicted molar refractivity (Wildman–Crippen MR) is 77.2 cm³/mol. The Morgan fingerprint density at radius 1 is 1.37 bits per heavy atom. The molecule has 0 unspecified atom stereocenters. The molecule has 19 heavy (non-hydrogen) atoms. The molecule has 1 aromatic heterocycles. The standard InChI is InChI=1S/C15H20N4/c1-19-6-2-3-13-7-12(4-5-15(13)19)8-16-9-14-10-17-11-18-14/h4-5,7,10-11,16H,2-3,6,8-9H2,1H3,(H,17,18). The van der Waals surface area contributed by atoms with Crippen LogP contribution in [-0.4, -0.2) is 23.6 Å². The molecule has 4 heteroatoms. The lowest BCUT2D eigenvalue weighted by molar-refractivity contribution is 0.679. The third kappa shape index (κ3) is 2.79. The summed E-state index contributed by atoms with van der Waals surface area (Å²) in [4.78, 5) is 9.46. The number of rotatable bonds is 4. The fourth-order valence-corrected chi connectivity index (χ4v) is 2.67. The molecule has 0 fully saturated rings. The highest BCUT2D eigenvalue weighted by Crippen LogP contribution is 2.26. The Balaban J connectivity index is 1.62. The summed E-state index contributed by atoms with van der Waals surface area (Å²) in [6, 6.07) is 6.81. The van der Waals surface area contributed by atoms with Crippen LogP contribution in [0, 0.1) is 0 Å². The number of anilines is 1. The minimum atomic E-state index is 0.830. The summed E-state index contributed by atoms with van der Waals surface area (Å²) in [5, 5.41) is 3.44. The van der Waals surface area contributed by atoms with E-state index in [0.717, 1.165) is 18.8 Å². The summed E-state index contributed by atoms with van der Waals surface area (Å²) >= 11 is 0. The van der Waals surface area contributed by atoms with E-state index in [4.69, 9.17) is 0 Å². The molecular formula is C15H20N4. The molecule has 2 heterocycles. The molecule has 2 N–H and O–H groups in total. The van der Waals surface area contributed by atoms with Crippen molar-refractivity contribution in [2.24, 2.45) is 0 Å². The Hall–Kier alpha value is -1.81. The van der Waals surface area contributed by atoms with Crippen molar-refractivity contribution in [3.8, 4) is 0 Å². The zero-order valence-corrected chi connectivity index (χ0v) is 11.3. The molecule has 2 aromatic rings. The van der Waals surface area contributed by atoms with Crippen LogP contribution >= 0.6 is 0 Å². The van der Waals surface area contributed by atoms with E-state index in [-0.39, 0.29) is 0 Å². The van der Waals surface area contributed by atoms with E-state index >= 15 is 0 Å². The fraction of sp³-hybridized carbons (Fsp3) is 0.400. The average molecular weight is 256 g/mol. The van der Waals surface area contributed by atoms with Gasteiger partial charge in [0.25, 0.3) is 0 Å². The third-order valence-corrected chi connectivity index (χ3v) is 3.69. The zero-order valence-electron chi connectivity index (χ0n) is 11.3. The lowest BCUT2D eigenvalue weighted by Gasteiger charge is -2.27. The molecule has 4 nitrogen and oxygen atoms in total. The first-order chi connectivity index (χ1) is 9.33. The molecule has 0 saturated carbocycles. The number of nitrogens with one attached hydrogen (secondary N) is 2. The van der Waals surface area contributed by atoms with Gasteiger partial charge in [-0.3, -0.25) is 0 Å². The predicted octanol–water partition coefficient (Wildman–Crippen LogP) is 2.08. The van der Waals surface area contributed by atoms with E-state index in [1.165, 1.54) is 36.2 Å². The molecule has 0 radical (unpaired) electrons. The van der Waals surface area contributed by atoms with Crippen LogP contribution in [0.15, 0.2) is 30.7 Å². The lowest BCUT2D eigenvalue weighted by Crippen LogP contribution is -2.24. The number of aromatic nitrogens is 2. The minimum Gasteiger partial charge on any atom is -0.374 e. The monoisotopic (exact) mass is 256 g/mol. The molecule has 3 rings (SSSR count). The topological polar surface area (TPSA) is 44.0 Å². The maximum Gasteiger partial charge on any atom is 0.0922 e. The zero-order chi connectivity index (χ0) is 13.1. The second-order valence-corrected chi connectivity index (χ2v) is 5.17. The van der Waals surface area contributed by atoms with Crippen LogP contribution in [0.3, 0.4) is 0 Å². The first-order valence-electron chi connectivity index (χ1n) is 6.84. The van der Waals surface area contributed by atoms with E-state index in [1.807, 2.05) is 6.20 Å². The summed E-state index contributed by atoms with van der Waals surface area (Å²) in [6.45, 7) is 2.90. The molecule has 0 spiro atoms. The number of hydrogen-bond acceptors (Lipinski definition) is 3. The molecule has 1 aliphatic rings. The Morgan fingerprint density at radius 2 is 2.32 bits per heavy atom. The van der Waals surface area contributed by atoms with E-state index in [9.17, 15) is 0 Å². The lowest BCUT2D eigenvalue weighted by atomic mass is 9.99. The molecule has 0 bridgehead atoms. The number of benzene rings is 1. The average Bonchev–Trinajstić information content (AvgIpc) is 2.92. The Bertz CT molecular complexity index is 533. The Kier molecular flexibility index (Phi) is 3.51. The SMILES string of the molecule is CN1CCCc2cc(CNCc3cnc[nH]3)ccc21. The summed E-state index contributed by atoms with van der Waals surface area (Å²) in [5.74, 6) is 0. The normalized spacial score (nSPS) is 14.5. The van der Waals surface area contributed by atoms with Gasteiger partial charge in [-0.25, -0.2) is 4.98 Å². The van der Waals surface area contributed by atoms with Crippen LogP contribution in [0.2, 0.25) is 0 Å². The van der Waals surface area contributed by atoms with Gasteiger partial charge in [-0.15, -0.1) is 0 Å².